The van der Waals surface area contributed by atoms with Crippen LogP contribution in [0, 0.1) is 0 Å². The van der Waals surface area contributed by atoms with E-state index in [1.807, 2.05) is 24.0 Å². The average Bonchev–Trinajstić information content (AvgIpc) is 2.62. The van der Waals surface area contributed by atoms with Gasteiger partial charge in [0, 0.05) is 16.3 Å². The van der Waals surface area contributed by atoms with Crippen LogP contribution in [0.4, 0.5) is 5.82 Å². The molecule has 0 unspecified atom stereocenters. The molecule has 0 aromatic carbocycles. The third-order valence-corrected chi connectivity index (χ3v) is 3.68. The average molecular weight is 194 g/mol. The van der Waals surface area contributed by atoms with Gasteiger partial charge in [0.25, 0.3) is 0 Å². The third kappa shape index (κ3) is 2.37. The maximum Gasteiger partial charge on any atom is 0.123 e. The van der Waals surface area contributed by atoms with Gasteiger partial charge < -0.3 is 5.73 Å². The molecule has 0 amide bonds. The molecule has 1 aromatic rings. The fraction of sp³-hybridized carbons (Fsp3) is 0.500. The number of nitrogens with zero attached hydrogens (tertiary/aromatic N) is 1. The molecule has 0 radical (unpaired) electrons. The monoisotopic (exact) mass is 194 g/mol. The third-order valence-electron chi connectivity index (χ3n) is 2.36. The quantitative estimate of drug-likeness (QED) is 0.786. The van der Waals surface area contributed by atoms with Crippen molar-refractivity contribution in [1.29, 1.82) is 0 Å². The molecule has 0 spiro atoms. The summed E-state index contributed by atoms with van der Waals surface area (Å²) in [6, 6.07) is 3.93. The van der Waals surface area contributed by atoms with Crippen LogP contribution in [0.1, 0.15) is 25.7 Å². The molecule has 0 saturated heterocycles. The molecule has 70 valence electrons. The molecular formula is C10H14N2S. The summed E-state index contributed by atoms with van der Waals surface area (Å²) in [6.07, 6.45) is 7.36. The lowest BCUT2D eigenvalue weighted by Gasteiger charge is -2.07. The molecular weight excluding hydrogens is 180 g/mol. The number of hydrogen-bond acceptors (Lipinski definition) is 3. The van der Waals surface area contributed by atoms with E-state index in [-0.39, 0.29) is 0 Å². The molecule has 1 fully saturated rings. The minimum atomic E-state index is 0.607. The zero-order valence-corrected chi connectivity index (χ0v) is 8.39. The molecule has 1 saturated carbocycles. The number of hydrogen-bond donors (Lipinski definition) is 1. The van der Waals surface area contributed by atoms with Crippen molar-refractivity contribution in [2.45, 2.75) is 35.8 Å². The Kier molecular flexibility index (Phi) is 2.74. The van der Waals surface area contributed by atoms with Crippen LogP contribution in [0.2, 0.25) is 0 Å². The van der Waals surface area contributed by atoms with Gasteiger partial charge in [-0.3, -0.25) is 0 Å². The van der Waals surface area contributed by atoms with Crippen LogP contribution in [-0.4, -0.2) is 10.2 Å². The molecule has 0 aliphatic heterocycles. The fourth-order valence-electron chi connectivity index (χ4n) is 1.66. The van der Waals surface area contributed by atoms with Crippen LogP contribution in [0.5, 0.6) is 0 Å². The molecule has 1 aliphatic rings. The van der Waals surface area contributed by atoms with E-state index in [0.717, 1.165) is 5.25 Å². The molecule has 0 atom stereocenters. The standard InChI is InChI=1S/C10H14N2S/c11-10-6-5-9(7-12-10)13-8-3-1-2-4-8/h5-8H,1-4H2,(H2,11,12). The first-order chi connectivity index (χ1) is 6.34. The summed E-state index contributed by atoms with van der Waals surface area (Å²) in [5.74, 6) is 0.607. The summed E-state index contributed by atoms with van der Waals surface area (Å²) in [6.45, 7) is 0. The van der Waals surface area contributed by atoms with E-state index in [4.69, 9.17) is 5.73 Å². The highest BCUT2D eigenvalue weighted by Gasteiger charge is 2.15. The van der Waals surface area contributed by atoms with E-state index >= 15 is 0 Å². The van der Waals surface area contributed by atoms with Gasteiger partial charge in [-0.15, -0.1) is 11.8 Å². The Morgan fingerprint density at radius 1 is 1.31 bits per heavy atom. The van der Waals surface area contributed by atoms with E-state index in [0.29, 0.717) is 5.82 Å². The van der Waals surface area contributed by atoms with Gasteiger partial charge in [-0.1, -0.05) is 12.8 Å². The lowest BCUT2D eigenvalue weighted by atomic mass is 10.4. The zero-order chi connectivity index (χ0) is 9.10. The summed E-state index contributed by atoms with van der Waals surface area (Å²) < 4.78 is 0. The minimum absolute atomic E-state index is 0.607. The van der Waals surface area contributed by atoms with Crippen LogP contribution in [0.15, 0.2) is 23.2 Å². The highest BCUT2D eigenvalue weighted by atomic mass is 32.2. The Morgan fingerprint density at radius 3 is 2.69 bits per heavy atom. The second kappa shape index (κ2) is 4.01. The minimum Gasteiger partial charge on any atom is -0.384 e. The van der Waals surface area contributed by atoms with E-state index in [1.165, 1.54) is 30.6 Å². The first-order valence-corrected chi connectivity index (χ1v) is 5.61. The van der Waals surface area contributed by atoms with Gasteiger partial charge in [-0.25, -0.2) is 4.98 Å². The van der Waals surface area contributed by atoms with Gasteiger partial charge in [0.2, 0.25) is 0 Å². The van der Waals surface area contributed by atoms with Gasteiger partial charge in [0.05, 0.1) is 0 Å². The van der Waals surface area contributed by atoms with Crippen molar-refractivity contribution >= 4 is 17.6 Å². The molecule has 3 heteroatoms. The van der Waals surface area contributed by atoms with Gasteiger partial charge >= 0.3 is 0 Å². The van der Waals surface area contributed by atoms with Crippen molar-refractivity contribution in [3.63, 3.8) is 0 Å². The largest absolute Gasteiger partial charge is 0.384 e. The lowest BCUT2D eigenvalue weighted by molar-refractivity contribution is 0.886. The van der Waals surface area contributed by atoms with Crippen LogP contribution in [-0.2, 0) is 0 Å². The number of aromatic nitrogens is 1. The zero-order valence-electron chi connectivity index (χ0n) is 7.57. The number of nitrogen functional groups attached to an aromatic ring is 1. The summed E-state index contributed by atoms with van der Waals surface area (Å²) >= 11 is 1.94. The maximum atomic E-state index is 5.51. The predicted octanol–water partition coefficient (Wildman–Crippen LogP) is 2.70. The van der Waals surface area contributed by atoms with Crippen LogP contribution in [0.3, 0.4) is 0 Å². The van der Waals surface area contributed by atoms with Crippen LogP contribution < -0.4 is 5.73 Å². The summed E-state index contributed by atoms with van der Waals surface area (Å²) in [5, 5.41) is 0.811. The smallest absolute Gasteiger partial charge is 0.123 e. The summed E-state index contributed by atoms with van der Waals surface area (Å²) in [4.78, 5) is 5.33. The second-order valence-corrected chi connectivity index (χ2v) is 4.82. The normalized spacial score (nSPS) is 17.8. The first kappa shape index (κ1) is 8.88. The molecule has 1 heterocycles. The van der Waals surface area contributed by atoms with Gasteiger partial charge in [0.15, 0.2) is 0 Å². The second-order valence-electron chi connectivity index (χ2n) is 3.44. The molecule has 1 aliphatic carbocycles. The maximum absolute atomic E-state index is 5.51. The first-order valence-electron chi connectivity index (χ1n) is 4.73. The van der Waals surface area contributed by atoms with E-state index in [9.17, 15) is 0 Å². The Bertz CT molecular complexity index is 265. The Morgan fingerprint density at radius 2 is 2.08 bits per heavy atom. The predicted molar refractivity (Wildman–Crippen MR) is 56.8 cm³/mol. The van der Waals surface area contributed by atoms with E-state index < -0.39 is 0 Å². The molecule has 2 rings (SSSR count). The SMILES string of the molecule is Nc1ccc(SC2CCCC2)cn1. The highest BCUT2D eigenvalue weighted by Crippen LogP contribution is 2.34. The number of anilines is 1. The molecule has 13 heavy (non-hydrogen) atoms. The van der Waals surface area contributed by atoms with E-state index in [1.54, 1.807) is 0 Å². The van der Waals surface area contributed by atoms with Crippen molar-refractivity contribution < 1.29 is 0 Å². The van der Waals surface area contributed by atoms with Crippen molar-refractivity contribution in [1.82, 2.24) is 4.98 Å². The lowest BCUT2D eigenvalue weighted by Crippen LogP contribution is -1.94. The molecule has 1 aromatic heterocycles. The summed E-state index contributed by atoms with van der Waals surface area (Å²) in [7, 11) is 0. The van der Waals surface area contributed by atoms with Crippen molar-refractivity contribution in [3.05, 3.63) is 18.3 Å². The van der Waals surface area contributed by atoms with Crippen molar-refractivity contribution in [2.24, 2.45) is 0 Å². The van der Waals surface area contributed by atoms with Crippen molar-refractivity contribution in [2.75, 3.05) is 5.73 Å². The number of rotatable bonds is 2. The van der Waals surface area contributed by atoms with Gasteiger partial charge in [-0.05, 0) is 25.0 Å². The Hall–Kier alpha value is -0.700. The Balaban J connectivity index is 1.97. The number of thioether (sulfide) groups is 1. The topological polar surface area (TPSA) is 38.9 Å². The molecule has 2 nitrogen and oxygen atoms in total. The highest BCUT2D eigenvalue weighted by molar-refractivity contribution is 8.00. The summed E-state index contributed by atoms with van der Waals surface area (Å²) in [5.41, 5.74) is 5.51. The molecule has 2 N–H and O–H groups in total. The number of nitrogens with two attached hydrogens (primary N) is 1. The fourth-order valence-corrected chi connectivity index (χ4v) is 2.87. The van der Waals surface area contributed by atoms with Gasteiger partial charge in [-0.2, -0.15) is 0 Å². The van der Waals surface area contributed by atoms with E-state index in [2.05, 4.69) is 11.1 Å². The van der Waals surface area contributed by atoms with Gasteiger partial charge in [0.1, 0.15) is 5.82 Å². The molecule has 0 bridgehead atoms. The van der Waals surface area contributed by atoms with Crippen LogP contribution in [0.25, 0.3) is 0 Å². The van der Waals surface area contributed by atoms with Crippen molar-refractivity contribution in [3.8, 4) is 0 Å². The Labute approximate surface area is 82.9 Å². The van der Waals surface area contributed by atoms with Crippen LogP contribution >= 0.6 is 11.8 Å². The number of pyridine rings is 1.